The van der Waals surface area contributed by atoms with E-state index >= 15 is 0 Å². The lowest BCUT2D eigenvalue weighted by molar-refractivity contribution is -0.000705. The lowest BCUT2D eigenvalue weighted by atomic mass is 9.79. The molecule has 1 aliphatic heterocycles. The molecule has 1 N–H and O–H groups in total. The molecule has 1 fully saturated rings. The molecule has 0 saturated carbocycles. The Bertz CT molecular complexity index is 554. The first-order valence-electron chi connectivity index (χ1n) is 7.25. The van der Waals surface area contributed by atoms with E-state index in [4.69, 9.17) is 0 Å². The smallest absolute Gasteiger partial charge is 0.101 e. The summed E-state index contributed by atoms with van der Waals surface area (Å²) in [5.41, 5.74) is 1.89. The van der Waals surface area contributed by atoms with Crippen LogP contribution in [-0.4, -0.2) is 23.6 Å². The molecule has 3 rings (SSSR count). The number of benzene rings is 2. The van der Waals surface area contributed by atoms with Crippen LogP contribution in [0.2, 0.25) is 0 Å². The third-order valence-corrected chi connectivity index (χ3v) is 4.57. The number of nitrogens with zero attached hydrogens (tertiary/aromatic N) is 1. The number of rotatable bonds is 3. The van der Waals surface area contributed by atoms with Crippen molar-refractivity contribution in [3.63, 3.8) is 0 Å². The van der Waals surface area contributed by atoms with Crippen LogP contribution < -0.4 is 0 Å². The molecule has 1 heterocycles. The summed E-state index contributed by atoms with van der Waals surface area (Å²) in [5, 5.41) is 11.1. The third-order valence-electron chi connectivity index (χ3n) is 4.57. The molecule has 0 amide bonds. The summed E-state index contributed by atoms with van der Waals surface area (Å²) in [6.45, 7) is 1.03. The zero-order chi connectivity index (χ0) is 14.0. The van der Waals surface area contributed by atoms with Crippen molar-refractivity contribution < 1.29 is 5.11 Å². The fourth-order valence-electron chi connectivity index (χ4n) is 3.48. The van der Waals surface area contributed by atoms with Gasteiger partial charge in [0.1, 0.15) is 6.10 Å². The van der Waals surface area contributed by atoms with E-state index in [2.05, 4.69) is 36.2 Å². The van der Waals surface area contributed by atoms with Gasteiger partial charge in [-0.1, -0.05) is 60.7 Å². The SMILES string of the molecule is CN1CCC[C@]1(c1ccccc1)C(O)c1ccccc1. The summed E-state index contributed by atoms with van der Waals surface area (Å²) >= 11 is 0. The minimum atomic E-state index is -0.501. The summed E-state index contributed by atoms with van der Waals surface area (Å²) in [6.07, 6.45) is 1.61. The van der Waals surface area contributed by atoms with Crippen molar-refractivity contribution in [2.75, 3.05) is 13.6 Å². The molecule has 0 spiro atoms. The molecule has 2 nitrogen and oxygen atoms in total. The Hall–Kier alpha value is -1.64. The molecule has 0 aromatic heterocycles. The van der Waals surface area contributed by atoms with Gasteiger partial charge in [0.15, 0.2) is 0 Å². The summed E-state index contributed by atoms with van der Waals surface area (Å²) in [6, 6.07) is 20.4. The predicted octanol–water partition coefficient (Wildman–Crippen LogP) is 3.34. The first-order valence-corrected chi connectivity index (χ1v) is 7.25. The molecule has 0 bridgehead atoms. The lowest BCUT2D eigenvalue weighted by Gasteiger charge is -2.41. The van der Waals surface area contributed by atoms with Gasteiger partial charge in [0, 0.05) is 0 Å². The second-order valence-corrected chi connectivity index (χ2v) is 5.63. The van der Waals surface area contributed by atoms with E-state index < -0.39 is 6.10 Å². The topological polar surface area (TPSA) is 23.5 Å². The highest BCUT2D eigenvalue weighted by molar-refractivity contribution is 5.32. The molecule has 20 heavy (non-hydrogen) atoms. The van der Waals surface area contributed by atoms with Gasteiger partial charge in [-0.2, -0.15) is 0 Å². The van der Waals surface area contributed by atoms with Crippen molar-refractivity contribution >= 4 is 0 Å². The van der Waals surface area contributed by atoms with E-state index in [1.807, 2.05) is 36.4 Å². The monoisotopic (exact) mass is 267 g/mol. The van der Waals surface area contributed by atoms with Crippen molar-refractivity contribution in [1.29, 1.82) is 0 Å². The molecule has 1 unspecified atom stereocenters. The van der Waals surface area contributed by atoms with E-state index in [9.17, 15) is 5.11 Å². The number of hydrogen-bond donors (Lipinski definition) is 1. The average molecular weight is 267 g/mol. The summed E-state index contributed by atoms with van der Waals surface area (Å²) in [4.78, 5) is 2.31. The molecular weight excluding hydrogens is 246 g/mol. The van der Waals surface area contributed by atoms with Crippen LogP contribution in [0.3, 0.4) is 0 Å². The molecule has 0 radical (unpaired) electrons. The molecule has 2 aromatic carbocycles. The number of aliphatic hydroxyl groups is 1. The van der Waals surface area contributed by atoms with Crippen LogP contribution >= 0.6 is 0 Å². The van der Waals surface area contributed by atoms with E-state index in [0.29, 0.717) is 0 Å². The molecular formula is C18H21NO. The van der Waals surface area contributed by atoms with Gasteiger partial charge >= 0.3 is 0 Å². The van der Waals surface area contributed by atoms with Crippen LogP contribution in [0.15, 0.2) is 60.7 Å². The van der Waals surface area contributed by atoms with Gasteiger partial charge in [-0.15, -0.1) is 0 Å². The second-order valence-electron chi connectivity index (χ2n) is 5.63. The zero-order valence-corrected chi connectivity index (χ0v) is 11.9. The molecule has 1 aliphatic rings. The molecule has 2 aromatic rings. The van der Waals surface area contributed by atoms with Crippen molar-refractivity contribution in [3.8, 4) is 0 Å². The van der Waals surface area contributed by atoms with Crippen LogP contribution in [0, 0.1) is 0 Å². The summed E-state index contributed by atoms with van der Waals surface area (Å²) in [5.74, 6) is 0. The maximum Gasteiger partial charge on any atom is 0.101 e. The van der Waals surface area contributed by atoms with Crippen LogP contribution in [-0.2, 0) is 5.54 Å². The Balaban J connectivity index is 2.08. The van der Waals surface area contributed by atoms with Crippen molar-refractivity contribution in [2.24, 2.45) is 0 Å². The first-order chi connectivity index (χ1) is 9.75. The van der Waals surface area contributed by atoms with E-state index in [0.717, 1.165) is 24.9 Å². The standard InChI is InChI=1S/C18H21NO/c1-19-14-8-13-18(19,16-11-6-3-7-12-16)17(20)15-9-4-2-5-10-15/h2-7,9-12,17,20H,8,13-14H2,1H3/t17?,18-/m0/s1. The minimum absolute atomic E-state index is 0.303. The quantitative estimate of drug-likeness (QED) is 0.922. The Kier molecular flexibility index (Phi) is 3.60. The summed E-state index contributed by atoms with van der Waals surface area (Å²) in [7, 11) is 2.12. The number of likely N-dealkylation sites (N-methyl/N-ethyl adjacent to an activating group) is 1. The number of likely N-dealkylation sites (tertiary alicyclic amines) is 1. The molecule has 104 valence electrons. The lowest BCUT2D eigenvalue weighted by Crippen LogP contribution is -2.44. The fraction of sp³-hybridized carbons (Fsp3) is 0.333. The predicted molar refractivity (Wildman–Crippen MR) is 81.4 cm³/mol. The van der Waals surface area contributed by atoms with Crippen LogP contribution in [0.5, 0.6) is 0 Å². The van der Waals surface area contributed by atoms with Crippen molar-refractivity contribution in [2.45, 2.75) is 24.5 Å². The van der Waals surface area contributed by atoms with Gasteiger partial charge in [-0.05, 0) is 37.6 Å². The highest BCUT2D eigenvalue weighted by Gasteiger charge is 2.46. The first kappa shape index (κ1) is 13.3. The summed E-state index contributed by atoms with van der Waals surface area (Å²) < 4.78 is 0. The minimum Gasteiger partial charge on any atom is -0.386 e. The fourth-order valence-corrected chi connectivity index (χ4v) is 3.48. The highest BCUT2D eigenvalue weighted by atomic mass is 16.3. The van der Waals surface area contributed by atoms with Crippen LogP contribution in [0.25, 0.3) is 0 Å². The number of aliphatic hydroxyl groups excluding tert-OH is 1. The maximum absolute atomic E-state index is 11.1. The maximum atomic E-state index is 11.1. The van der Waals surface area contributed by atoms with Crippen LogP contribution in [0.4, 0.5) is 0 Å². The van der Waals surface area contributed by atoms with E-state index in [1.54, 1.807) is 0 Å². The Morgan fingerprint density at radius 2 is 1.60 bits per heavy atom. The van der Waals surface area contributed by atoms with E-state index in [-0.39, 0.29) is 5.54 Å². The van der Waals surface area contributed by atoms with Gasteiger partial charge in [0.25, 0.3) is 0 Å². The Labute approximate surface area is 120 Å². The highest BCUT2D eigenvalue weighted by Crippen LogP contribution is 2.46. The normalized spacial score (nSPS) is 24.7. The third kappa shape index (κ3) is 2.05. The van der Waals surface area contributed by atoms with E-state index in [1.165, 1.54) is 5.56 Å². The number of hydrogen-bond acceptors (Lipinski definition) is 2. The molecule has 2 heteroatoms. The zero-order valence-electron chi connectivity index (χ0n) is 11.9. The molecule has 0 aliphatic carbocycles. The largest absolute Gasteiger partial charge is 0.386 e. The Morgan fingerprint density at radius 1 is 1.00 bits per heavy atom. The van der Waals surface area contributed by atoms with Gasteiger partial charge in [0.05, 0.1) is 5.54 Å². The Morgan fingerprint density at radius 3 is 2.15 bits per heavy atom. The molecule has 1 saturated heterocycles. The van der Waals surface area contributed by atoms with Gasteiger partial charge < -0.3 is 5.11 Å². The van der Waals surface area contributed by atoms with Crippen molar-refractivity contribution in [1.82, 2.24) is 4.90 Å². The molecule has 2 atom stereocenters. The van der Waals surface area contributed by atoms with Crippen LogP contribution in [0.1, 0.15) is 30.1 Å². The average Bonchev–Trinajstić information content (AvgIpc) is 2.91. The van der Waals surface area contributed by atoms with Gasteiger partial charge in [0.2, 0.25) is 0 Å². The van der Waals surface area contributed by atoms with Gasteiger partial charge in [-0.3, -0.25) is 4.90 Å². The van der Waals surface area contributed by atoms with Gasteiger partial charge in [-0.25, -0.2) is 0 Å². The second kappa shape index (κ2) is 5.39. The van der Waals surface area contributed by atoms with Crippen molar-refractivity contribution in [3.05, 3.63) is 71.8 Å².